The normalized spacial score (nSPS) is 14.3. The van der Waals surface area contributed by atoms with Crippen molar-refractivity contribution in [1.82, 2.24) is 9.80 Å². The summed E-state index contributed by atoms with van der Waals surface area (Å²) in [5, 5.41) is 2.79. The number of benzene rings is 1. The van der Waals surface area contributed by atoms with Gasteiger partial charge in [0.05, 0.1) is 6.61 Å². The van der Waals surface area contributed by atoms with Crippen molar-refractivity contribution in [3.8, 4) is 0 Å². The van der Waals surface area contributed by atoms with Crippen LogP contribution in [0.1, 0.15) is 24.2 Å². The van der Waals surface area contributed by atoms with Crippen molar-refractivity contribution in [1.29, 1.82) is 0 Å². The van der Waals surface area contributed by atoms with Crippen LogP contribution >= 0.6 is 0 Å². The molecule has 3 amide bonds. The maximum atomic E-state index is 12.2. The van der Waals surface area contributed by atoms with Gasteiger partial charge in [0.2, 0.25) is 0 Å². The first-order valence-corrected chi connectivity index (χ1v) is 7.60. The molecule has 0 radical (unpaired) electrons. The second-order valence-electron chi connectivity index (χ2n) is 5.24. The molecule has 1 aliphatic heterocycles. The van der Waals surface area contributed by atoms with Gasteiger partial charge in [-0.3, -0.25) is 4.79 Å². The van der Waals surface area contributed by atoms with Gasteiger partial charge in [-0.1, -0.05) is 0 Å². The first-order valence-electron chi connectivity index (χ1n) is 7.60. The lowest BCUT2D eigenvalue weighted by atomic mass is 10.1. The molecule has 0 spiro atoms. The van der Waals surface area contributed by atoms with Crippen molar-refractivity contribution in [3.63, 3.8) is 0 Å². The van der Waals surface area contributed by atoms with Crippen LogP contribution in [0.5, 0.6) is 0 Å². The Balaban J connectivity index is 1.85. The van der Waals surface area contributed by atoms with Crippen LogP contribution in [0.25, 0.3) is 0 Å². The molecule has 1 heterocycles. The van der Waals surface area contributed by atoms with Gasteiger partial charge in [0.15, 0.2) is 5.78 Å². The molecule has 124 valence electrons. The third kappa shape index (κ3) is 4.45. The molecular formula is C16H21N3O4. The molecule has 0 unspecified atom stereocenters. The molecule has 2 rings (SSSR count). The number of anilines is 1. The number of hydrogen-bond donors (Lipinski definition) is 1. The van der Waals surface area contributed by atoms with Crippen molar-refractivity contribution in [2.24, 2.45) is 0 Å². The maximum Gasteiger partial charge on any atom is 0.409 e. The third-order valence-electron chi connectivity index (χ3n) is 3.64. The van der Waals surface area contributed by atoms with E-state index in [0.29, 0.717) is 44.0 Å². The van der Waals surface area contributed by atoms with E-state index in [-0.39, 0.29) is 17.9 Å². The minimum absolute atomic E-state index is 0.0158. The zero-order chi connectivity index (χ0) is 16.8. The number of carbonyl (C=O) groups excluding carboxylic acids is 3. The maximum absolute atomic E-state index is 12.2. The van der Waals surface area contributed by atoms with E-state index in [4.69, 9.17) is 4.74 Å². The lowest BCUT2D eigenvalue weighted by Crippen LogP contribution is -2.51. The predicted molar refractivity (Wildman–Crippen MR) is 85.6 cm³/mol. The molecule has 0 saturated carbocycles. The number of ketones is 1. The van der Waals surface area contributed by atoms with E-state index in [0.717, 1.165) is 0 Å². The highest BCUT2D eigenvalue weighted by molar-refractivity contribution is 5.95. The number of rotatable bonds is 3. The Morgan fingerprint density at radius 3 is 2.13 bits per heavy atom. The second-order valence-corrected chi connectivity index (χ2v) is 5.24. The summed E-state index contributed by atoms with van der Waals surface area (Å²) in [6, 6.07) is 6.53. The van der Waals surface area contributed by atoms with E-state index < -0.39 is 0 Å². The van der Waals surface area contributed by atoms with Gasteiger partial charge in [-0.05, 0) is 38.1 Å². The summed E-state index contributed by atoms with van der Waals surface area (Å²) in [7, 11) is 0. The van der Waals surface area contributed by atoms with Crippen molar-refractivity contribution in [3.05, 3.63) is 29.8 Å². The first-order chi connectivity index (χ1) is 11.0. The Bertz CT molecular complexity index is 577. The quantitative estimate of drug-likeness (QED) is 0.866. The van der Waals surface area contributed by atoms with Crippen LogP contribution in [-0.4, -0.2) is 60.5 Å². The highest BCUT2D eigenvalue weighted by Crippen LogP contribution is 2.12. The fourth-order valence-electron chi connectivity index (χ4n) is 2.30. The standard InChI is InChI=1S/C16H21N3O4/c1-3-23-16(22)19-10-8-18(9-11-19)15(21)17-14-6-4-13(5-7-14)12(2)20/h4-7H,3,8-11H2,1-2H3,(H,17,21). The average Bonchev–Trinajstić information content (AvgIpc) is 2.55. The minimum atomic E-state index is -0.340. The van der Waals surface area contributed by atoms with Gasteiger partial charge in [0.1, 0.15) is 0 Å². The lowest BCUT2D eigenvalue weighted by Gasteiger charge is -2.34. The van der Waals surface area contributed by atoms with Gasteiger partial charge < -0.3 is 19.9 Å². The zero-order valence-corrected chi connectivity index (χ0v) is 13.4. The number of urea groups is 1. The van der Waals surface area contributed by atoms with Gasteiger partial charge >= 0.3 is 12.1 Å². The smallest absolute Gasteiger partial charge is 0.409 e. The minimum Gasteiger partial charge on any atom is -0.450 e. The number of hydrogen-bond acceptors (Lipinski definition) is 4. The molecule has 7 heteroatoms. The summed E-state index contributed by atoms with van der Waals surface area (Å²) in [5.74, 6) is -0.0158. The molecule has 1 saturated heterocycles. The van der Waals surface area contributed by atoms with Crippen molar-refractivity contribution >= 4 is 23.6 Å². The van der Waals surface area contributed by atoms with Gasteiger partial charge in [0.25, 0.3) is 0 Å². The Kier molecular flexibility index (Phi) is 5.56. The second kappa shape index (κ2) is 7.62. The fourth-order valence-corrected chi connectivity index (χ4v) is 2.30. The van der Waals surface area contributed by atoms with E-state index in [9.17, 15) is 14.4 Å². The summed E-state index contributed by atoms with van der Waals surface area (Å²) in [6.45, 7) is 5.42. The monoisotopic (exact) mass is 319 g/mol. The van der Waals surface area contributed by atoms with E-state index >= 15 is 0 Å². The van der Waals surface area contributed by atoms with Crippen molar-refractivity contribution in [2.75, 3.05) is 38.1 Å². The Labute approximate surface area is 135 Å². The van der Waals surface area contributed by atoms with Gasteiger partial charge in [-0.2, -0.15) is 0 Å². The molecule has 23 heavy (non-hydrogen) atoms. The molecule has 0 atom stereocenters. The van der Waals surface area contributed by atoms with Crippen LogP contribution < -0.4 is 5.32 Å². The SMILES string of the molecule is CCOC(=O)N1CCN(C(=O)Nc2ccc(C(C)=O)cc2)CC1. The van der Waals surface area contributed by atoms with Crippen LogP contribution in [-0.2, 0) is 4.74 Å². The van der Waals surface area contributed by atoms with Gasteiger partial charge in [-0.25, -0.2) is 9.59 Å². The average molecular weight is 319 g/mol. The number of nitrogens with one attached hydrogen (secondary N) is 1. The molecule has 1 fully saturated rings. The van der Waals surface area contributed by atoms with E-state index in [2.05, 4.69) is 5.32 Å². The largest absolute Gasteiger partial charge is 0.450 e. The Morgan fingerprint density at radius 2 is 1.61 bits per heavy atom. The summed E-state index contributed by atoms with van der Waals surface area (Å²) in [5.41, 5.74) is 1.24. The summed E-state index contributed by atoms with van der Waals surface area (Å²) < 4.78 is 4.94. The third-order valence-corrected chi connectivity index (χ3v) is 3.64. The predicted octanol–water partition coefficient (Wildman–Crippen LogP) is 2.20. The molecule has 0 aliphatic carbocycles. The van der Waals surface area contributed by atoms with Crippen LogP contribution in [0.3, 0.4) is 0 Å². The van der Waals surface area contributed by atoms with Crippen LogP contribution in [0, 0.1) is 0 Å². The van der Waals surface area contributed by atoms with E-state index in [1.165, 1.54) is 6.92 Å². The highest BCUT2D eigenvalue weighted by Gasteiger charge is 2.24. The van der Waals surface area contributed by atoms with Crippen LogP contribution in [0.15, 0.2) is 24.3 Å². The summed E-state index contributed by atoms with van der Waals surface area (Å²) in [6.07, 6.45) is -0.340. The molecule has 1 N–H and O–H groups in total. The van der Waals surface area contributed by atoms with Gasteiger partial charge in [-0.15, -0.1) is 0 Å². The van der Waals surface area contributed by atoms with Crippen LogP contribution in [0.2, 0.25) is 0 Å². The summed E-state index contributed by atoms with van der Waals surface area (Å²) >= 11 is 0. The molecule has 1 aliphatic rings. The Morgan fingerprint density at radius 1 is 1.04 bits per heavy atom. The Hall–Kier alpha value is -2.57. The van der Waals surface area contributed by atoms with Crippen LogP contribution in [0.4, 0.5) is 15.3 Å². The fraction of sp³-hybridized carbons (Fsp3) is 0.438. The molecule has 0 bridgehead atoms. The number of ether oxygens (including phenoxy) is 1. The number of nitrogens with zero attached hydrogens (tertiary/aromatic N) is 2. The van der Waals surface area contributed by atoms with Crippen molar-refractivity contribution in [2.45, 2.75) is 13.8 Å². The van der Waals surface area contributed by atoms with Crippen molar-refractivity contribution < 1.29 is 19.1 Å². The lowest BCUT2D eigenvalue weighted by molar-refractivity contribution is 0.0868. The molecule has 0 aromatic heterocycles. The zero-order valence-electron chi connectivity index (χ0n) is 13.4. The number of piperazine rings is 1. The summed E-state index contributed by atoms with van der Waals surface area (Å²) in [4.78, 5) is 38.3. The number of Topliss-reactive ketones (excluding diaryl/α,β-unsaturated/α-hetero) is 1. The van der Waals surface area contributed by atoms with E-state index in [1.54, 1.807) is 41.0 Å². The first kappa shape index (κ1) is 16.8. The van der Waals surface area contributed by atoms with Gasteiger partial charge in [0, 0.05) is 37.4 Å². The molecule has 1 aromatic carbocycles. The topological polar surface area (TPSA) is 79.0 Å². The highest BCUT2D eigenvalue weighted by atomic mass is 16.6. The number of carbonyl (C=O) groups is 3. The number of amides is 3. The molecule has 1 aromatic rings. The molecule has 7 nitrogen and oxygen atoms in total. The molecular weight excluding hydrogens is 298 g/mol. The van der Waals surface area contributed by atoms with E-state index in [1.807, 2.05) is 0 Å².